The summed E-state index contributed by atoms with van der Waals surface area (Å²) in [5.74, 6) is 1.58. The number of aryl methyl sites for hydroxylation is 1. The fourth-order valence-electron chi connectivity index (χ4n) is 1.90. The summed E-state index contributed by atoms with van der Waals surface area (Å²) >= 11 is 6.20. The molecule has 1 unspecified atom stereocenters. The molecule has 0 bridgehead atoms. The van der Waals surface area contributed by atoms with E-state index in [0.29, 0.717) is 5.02 Å². The maximum absolute atomic E-state index is 6.20. The Balaban J connectivity index is 2.29. The van der Waals surface area contributed by atoms with E-state index in [2.05, 4.69) is 13.0 Å². The highest BCUT2D eigenvalue weighted by Gasteiger charge is 2.08. The zero-order chi connectivity index (χ0) is 14.0. The van der Waals surface area contributed by atoms with Crippen LogP contribution in [0.5, 0.6) is 11.5 Å². The fraction of sp³-hybridized carbons (Fsp3) is 0.250. The summed E-state index contributed by atoms with van der Waals surface area (Å²) in [6, 6.07) is 11.5. The second-order valence-electron chi connectivity index (χ2n) is 4.77. The highest BCUT2D eigenvalue weighted by Crippen LogP contribution is 2.31. The van der Waals surface area contributed by atoms with Crippen molar-refractivity contribution in [3.05, 3.63) is 58.1 Å². The molecule has 0 radical (unpaired) electrons. The molecular formula is C16H18ClNO. The fourth-order valence-corrected chi connectivity index (χ4v) is 2.24. The van der Waals surface area contributed by atoms with Crippen molar-refractivity contribution in [2.45, 2.75) is 26.8 Å². The van der Waals surface area contributed by atoms with Crippen LogP contribution in [0.3, 0.4) is 0 Å². The lowest BCUT2D eigenvalue weighted by Gasteiger charge is -2.13. The Labute approximate surface area is 119 Å². The molecule has 0 fully saturated rings. The Morgan fingerprint density at radius 3 is 2.53 bits per heavy atom. The molecule has 0 spiro atoms. The Hall–Kier alpha value is -1.51. The summed E-state index contributed by atoms with van der Waals surface area (Å²) in [5, 5.41) is 0.637. The quantitative estimate of drug-likeness (QED) is 0.876. The van der Waals surface area contributed by atoms with Crippen LogP contribution in [0.2, 0.25) is 5.02 Å². The predicted molar refractivity (Wildman–Crippen MR) is 80.0 cm³/mol. The van der Waals surface area contributed by atoms with Gasteiger partial charge in [-0.25, -0.2) is 0 Å². The number of nitrogens with two attached hydrogens (primary N) is 1. The standard InChI is InChI=1S/C16H18ClNO/c1-10-5-4-6-16(11(10)2)19-13-7-8-14(12(3)18)15(17)9-13/h4-9,12H,18H2,1-3H3. The molecule has 1 atom stereocenters. The molecule has 2 aromatic carbocycles. The predicted octanol–water partition coefficient (Wildman–Crippen LogP) is 4.77. The highest BCUT2D eigenvalue weighted by atomic mass is 35.5. The van der Waals surface area contributed by atoms with Gasteiger partial charge in [-0.05, 0) is 55.7 Å². The van der Waals surface area contributed by atoms with Crippen LogP contribution >= 0.6 is 11.6 Å². The monoisotopic (exact) mass is 275 g/mol. The summed E-state index contributed by atoms with van der Waals surface area (Å²) in [5.41, 5.74) is 9.10. The molecular weight excluding hydrogens is 258 g/mol. The smallest absolute Gasteiger partial charge is 0.130 e. The average molecular weight is 276 g/mol. The highest BCUT2D eigenvalue weighted by molar-refractivity contribution is 6.31. The van der Waals surface area contributed by atoms with E-state index in [4.69, 9.17) is 22.1 Å². The van der Waals surface area contributed by atoms with Gasteiger partial charge in [0.2, 0.25) is 0 Å². The van der Waals surface area contributed by atoms with Crippen LogP contribution in [-0.4, -0.2) is 0 Å². The van der Waals surface area contributed by atoms with E-state index in [1.54, 1.807) is 0 Å². The maximum Gasteiger partial charge on any atom is 0.130 e. The van der Waals surface area contributed by atoms with Crippen LogP contribution in [0.15, 0.2) is 36.4 Å². The van der Waals surface area contributed by atoms with Gasteiger partial charge in [-0.1, -0.05) is 29.8 Å². The third-order valence-corrected chi connectivity index (χ3v) is 3.57. The molecule has 100 valence electrons. The van der Waals surface area contributed by atoms with Gasteiger partial charge in [-0.15, -0.1) is 0 Å². The van der Waals surface area contributed by atoms with Gasteiger partial charge in [-0.3, -0.25) is 0 Å². The number of hydrogen-bond donors (Lipinski definition) is 1. The van der Waals surface area contributed by atoms with Crippen molar-refractivity contribution in [1.82, 2.24) is 0 Å². The van der Waals surface area contributed by atoms with Crippen molar-refractivity contribution in [1.29, 1.82) is 0 Å². The molecule has 19 heavy (non-hydrogen) atoms. The lowest BCUT2D eigenvalue weighted by Crippen LogP contribution is -2.05. The second-order valence-corrected chi connectivity index (χ2v) is 5.18. The van der Waals surface area contributed by atoms with Crippen molar-refractivity contribution in [2.75, 3.05) is 0 Å². The third-order valence-electron chi connectivity index (χ3n) is 3.25. The van der Waals surface area contributed by atoms with Crippen LogP contribution < -0.4 is 10.5 Å². The van der Waals surface area contributed by atoms with Gasteiger partial charge in [0.1, 0.15) is 11.5 Å². The zero-order valence-corrected chi connectivity index (χ0v) is 12.2. The van der Waals surface area contributed by atoms with Crippen LogP contribution in [0.25, 0.3) is 0 Å². The van der Waals surface area contributed by atoms with Gasteiger partial charge in [0.25, 0.3) is 0 Å². The van der Waals surface area contributed by atoms with Crippen LogP contribution in [0.1, 0.15) is 29.7 Å². The van der Waals surface area contributed by atoms with Gasteiger partial charge in [0.15, 0.2) is 0 Å². The van der Waals surface area contributed by atoms with Crippen LogP contribution in [0.4, 0.5) is 0 Å². The van der Waals surface area contributed by atoms with E-state index in [9.17, 15) is 0 Å². The summed E-state index contributed by atoms with van der Waals surface area (Å²) in [6.07, 6.45) is 0. The second kappa shape index (κ2) is 5.64. The number of benzene rings is 2. The third kappa shape index (κ3) is 3.09. The molecule has 0 aliphatic carbocycles. The number of rotatable bonds is 3. The zero-order valence-electron chi connectivity index (χ0n) is 11.4. The van der Waals surface area contributed by atoms with E-state index in [-0.39, 0.29) is 6.04 Å². The molecule has 2 nitrogen and oxygen atoms in total. The van der Waals surface area contributed by atoms with E-state index >= 15 is 0 Å². The Morgan fingerprint density at radius 1 is 1.16 bits per heavy atom. The molecule has 0 saturated heterocycles. The molecule has 3 heteroatoms. The maximum atomic E-state index is 6.20. The lowest BCUT2D eigenvalue weighted by molar-refractivity contribution is 0.478. The molecule has 0 aliphatic heterocycles. The lowest BCUT2D eigenvalue weighted by atomic mass is 10.1. The molecule has 2 rings (SSSR count). The van der Waals surface area contributed by atoms with Crippen molar-refractivity contribution < 1.29 is 4.74 Å². The van der Waals surface area contributed by atoms with Crippen molar-refractivity contribution >= 4 is 11.6 Å². The number of hydrogen-bond acceptors (Lipinski definition) is 2. The average Bonchev–Trinajstić information content (AvgIpc) is 2.34. The van der Waals surface area contributed by atoms with E-state index in [1.807, 2.05) is 44.2 Å². The molecule has 0 saturated carbocycles. The van der Waals surface area contributed by atoms with Crippen molar-refractivity contribution in [2.24, 2.45) is 5.73 Å². The first kappa shape index (κ1) is 13.9. The normalized spacial score (nSPS) is 12.3. The minimum atomic E-state index is -0.0812. The topological polar surface area (TPSA) is 35.2 Å². The summed E-state index contributed by atoms with van der Waals surface area (Å²) in [4.78, 5) is 0. The largest absolute Gasteiger partial charge is 0.457 e. The van der Waals surface area contributed by atoms with Crippen LogP contribution in [-0.2, 0) is 0 Å². The van der Waals surface area contributed by atoms with Gasteiger partial charge < -0.3 is 10.5 Å². The number of ether oxygens (including phenoxy) is 1. The molecule has 0 amide bonds. The minimum absolute atomic E-state index is 0.0812. The van der Waals surface area contributed by atoms with E-state index in [1.165, 1.54) is 5.56 Å². The van der Waals surface area contributed by atoms with Gasteiger partial charge >= 0.3 is 0 Å². The van der Waals surface area contributed by atoms with Crippen molar-refractivity contribution in [3.63, 3.8) is 0 Å². The molecule has 0 heterocycles. The van der Waals surface area contributed by atoms with E-state index in [0.717, 1.165) is 22.6 Å². The SMILES string of the molecule is Cc1cccc(Oc2ccc(C(C)N)c(Cl)c2)c1C. The van der Waals surface area contributed by atoms with Crippen LogP contribution in [0, 0.1) is 13.8 Å². The Morgan fingerprint density at radius 2 is 1.89 bits per heavy atom. The Kier molecular flexibility index (Phi) is 4.13. The first-order valence-corrected chi connectivity index (χ1v) is 6.66. The first-order chi connectivity index (χ1) is 8.99. The molecule has 0 aliphatic rings. The summed E-state index contributed by atoms with van der Waals surface area (Å²) in [6.45, 7) is 6.02. The summed E-state index contributed by atoms with van der Waals surface area (Å²) in [7, 11) is 0. The molecule has 2 N–H and O–H groups in total. The minimum Gasteiger partial charge on any atom is -0.457 e. The molecule has 0 aromatic heterocycles. The van der Waals surface area contributed by atoms with E-state index < -0.39 is 0 Å². The summed E-state index contributed by atoms with van der Waals surface area (Å²) < 4.78 is 5.88. The van der Waals surface area contributed by atoms with Gasteiger partial charge in [0.05, 0.1) is 0 Å². The number of halogens is 1. The van der Waals surface area contributed by atoms with Gasteiger partial charge in [-0.2, -0.15) is 0 Å². The Bertz CT molecular complexity index is 593. The van der Waals surface area contributed by atoms with Crippen molar-refractivity contribution in [3.8, 4) is 11.5 Å². The molecule has 2 aromatic rings. The van der Waals surface area contributed by atoms with Gasteiger partial charge in [0, 0.05) is 11.1 Å². The first-order valence-electron chi connectivity index (χ1n) is 6.28.